The molecule has 1 amide bonds. The molecule has 1 aliphatic rings. The smallest absolute Gasteiger partial charge is 0.330 e. The molecule has 0 aromatic heterocycles. The minimum atomic E-state index is -0.879. The molecular formula is C19H23NO4. The highest BCUT2D eigenvalue weighted by Crippen LogP contribution is 2.20. The fraction of sp³-hybridized carbons (Fsp3) is 0.368. The highest BCUT2D eigenvalue weighted by Gasteiger charge is 2.20. The Hall–Kier alpha value is -2.56. The maximum Gasteiger partial charge on any atom is 0.330 e. The van der Waals surface area contributed by atoms with Crippen LogP contribution in [0.4, 0.5) is 0 Å². The highest BCUT2D eigenvalue weighted by molar-refractivity contribution is 5.91. The Morgan fingerprint density at radius 3 is 2.38 bits per heavy atom. The molecule has 1 fully saturated rings. The van der Waals surface area contributed by atoms with Gasteiger partial charge in [0.1, 0.15) is 5.75 Å². The number of nitrogens with zero attached hydrogens (tertiary/aromatic N) is 1. The van der Waals surface area contributed by atoms with E-state index >= 15 is 0 Å². The summed E-state index contributed by atoms with van der Waals surface area (Å²) in [6.45, 7) is 2.91. The van der Waals surface area contributed by atoms with Gasteiger partial charge in [0.05, 0.1) is 7.11 Å². The summed E-state index contributed by atoms with van der Waals surface area (Å²) in [4.78, 5) is 24.9. The molecule has 0 saturated carbocycles. The number of piperidine rings is 1. The van der Waals surface area contributed by atoms with E-state index in [0.29, 0.717) is 18.7 Å². The average Bonchev–Trinajstić information content (AvgIpc) is 2.60. The molecule has 5 heteroatoms. The first-order valence-corrected chi connectivity index (χ1v) is 8.02. The van der Waals surface area contributed by atoms with Gasteiger partial charge in [0, 0.05) is 24.7 Å². The number of carboxylic acid groups (broad SMARTS) is 1. The molecule has 0 bridgehead atoms. The van der Waals surface area contributed by atoms with Crippen molar-refractivity contribution in [1.82, 2.24) is 4.90 Å². The molecule has 2 rings (SSSR count). The molecule has 128 valence electrons. The lowest BCUT2D eigenvalue weighted by molar-refractivity contribution is -0.132. The van der Waals surface area contributed by atoms with Gasteiger partial charge in [0.2, 0.25) is 5.91 Å². The summed E-state index contributed by atoms with van der Waals surface area (Å²) in [6, 6.07) is 7.50. The number of likely N-dealkylation sites (tertiary alicyclic amines) is 1. The largest absolute Gasteiger partial charge is 0.497 e. The number of ether oxygens (including phenoxy) is 1. The summed E-state index contributed by atoms with van der Waals surface area (Å²) in [5.41, 5.74) is 1.32. The fourth-order valence-corrected chi connectivity index (χ4v) is 2.70. The van der Waals surface area contributed by atoms with Crippen LogP contribution in [0, 0.1) is 5.92 Å². The Balaban J connectivity index is 1.87. The van der Waals surface area contributed by atoms with Crippen LogP contribution in [0.15, 0.2) is 42.0 Å². The third-order valence-corrected chi connectivity index (χ3v) is 4.21. The van der Waals surface area contributed by atoms with Crippen LogP contribution in [0.2, 0.25) is 0 Å². The van der Waals surface area contributed by atoms with Gasteiger partial charge in [-0.2, -0.15) is 0 Å². The number of carboxylic acids is 1. The number of rotatable bonds is 5. The van der Waals surface area contributed by atoms with E-state index in [0.717, 1.165) is 24.2 Å². The third-order valence-electron chi connectivity index (χ3n) is 4.21. The van der Waals surface area contributed by atoms with Crippen molar-refractivity contribution >= 4 is 18.0 Å². The SMILES string of the molecule is COc1ccc(/C=C/C(=O)N2CCC(/C=C(\C)C(=O)O)CC2)cc1. The van der Waals surface area contributed by atoms with Gasteiger partial charge < -0.3 is 14.7 Å². The molecular weight excluding hydrogens is 306 g/mol. The van der Waals surface area contributed by atoms with Crippen molar-refractivity contribution in [2.24, 2.45) is 5.92 Å². The first kappa shape index (κ1) is 17.8. The third kappa shape index (κ3) is 4.98. The van der Waals surface area contributed by atoms with E-state index < -0.39 is 5.97 Å². The lowest BCUT2D eigenvalue weighted by atomic mass is 9.94. The minimum Gasteiger partial charge on any atom is -0.497 e. The second-order valence-electron chi connectivity index (χ2n) is 5.92. The summed E-state index contributed by atoms with van der Waals surface area (Å²) in [5.74, 6) is 0.125. The van der Waals surface area contributed by atoms with Gasteiger partial charge in [-0.3, -0.25) is 4.79 Å². The predicted molar refractivity (Wildman–Crippen MR) is 92.7 cm³/mol. The first-order chi connectivity index (χ1) is 11.5. The van der Waals surface area contributed by atoms with Crippen LogP contribution in [0.25, 0.3) is 6.08 Å². The lowest BCUT2D eigenvalue weighted by Crippen LogP contribution is -2.37. The maximum atomic E-state index is 12.2. The second-order valence-corrected chi connectivity index (χ2v) is 5.92. The van der Waals surface area contributed by atoms with Crippen molar-refractivity contribution in [2.45, 2.75) is 19.8 Å². The Kier molecular flexibility index (Phi) is 6.18. The van der Waals surface area contributed by atoms with Crippen molar-refractivity contribution in [1.29, 1.82) is 0 Å². The topological polar surface area (TPSA) is 66.8 Å². The quantitative estimate of drug-likeness (QED) is 0.843. The Bertz CT molecular complexity index is 638. The molecule has 1 aromatic rings. The number of hydrogen-bond donors (Lipinski definition) is 1. The zero-order valence-electron chi connectivity index (χ0n) is 14.1. The van der Waals surface area contributed by atoms with Crippen LogP contribution < -0.4 is 4.74 Å². The van der Waals surface area contributed by atoms with Crippen molar-refractivity contribution < 1.29 is 19.4 Å². The van der Waals surface area contributed by atoms with Gasteiger partial charge in [-0.25, -0.2) is 4.79 Å². The lowest BCUT2D eigenvalue weighted by Gasteiger charge is -2.30. The van der Waals surface area contributed by atoms with Crippen molar-refractivity contribution in [3.8, 4) is 5.75 Å². The molecule has 0 atom stereocenters. The summed E-state index contributed by atoms with van der Waals surface area (Å²) in [5, 5.41) is 8.91. The van der Waals surface area contributed by atoms with Crippen LogP contribution >= 0.6 is 0 Å². The van der Waals surface area contributed by atoms with E-state index in [9.17, 15) is 9.59 Å². The Morgan fingerprint density at radius 1 is 1.21 bits per heavy atom. The van der Waals surface area contributed by atoms with E-state index in [2.05, 4.69) is 0 Å². The standard InChI is InChI=1S/C19H23NO4/c1-14(19(22)23)13-16-9-11-20(12-10-16)18(21)8-5-15-3-6-17(24-2)7-4-15/h3-8,13,16H,9-12H2,1-2H3,(H,22,23)/b8-5+,14-13+. The number of amides is 1. The highest BCUT2D eigenvalue weighted by atomic mass is 16.5. The van der Waals surface area contributed by atoms with Crippen LogP contribution in [0.5, 0.6) is 5.75 Å². The number of hydrogen-bond acceptors (Lipinski definition) is 3. The van der Waals surface area contributed by atoms with Gasteiger partial charge >= 0.3 is 5.97 Å². The molecule has 1 aliphatic heterocycles. The average molecular weight is 329 g/mol. The zero-order valence-corrected chi connectivity index (χ0v) is 14.1. The Morgan fingerprint density at radius 2 is 1.83 bits per heavy atom. The van der Waals surface area contributed by atoms with Gasteiger partial charge in [-0.15, -0.1) is 0 Å². The van der Waals surface area contributed by atoms with Crippen molar-refractivity contribution in [2.75, 3.05) is 20.2 Å². The minimum absolute atomic E-state index is 0.0109. The van der Waals surface area contributed by atoms with Gasteiger partial charge in [-0.1, -0.05) is 18.2 Å². The number of carbonyl (C=O) groups is 2. The van der Waals surface area contributed by atoms with E-state index in [4.69, 9.17) is 9.84 Å². The molecule has 1 N–H and O–H groups in total. The normalized spacial score (nSPS) is 16.4. The summed E-state index contributed by atoms with van der Waals surface area (Å²) >= 11 is 0. The number of allylic oxidation sites excluding steroid dienone is 1. The molecule has 1 saturated heterocycles. The van der Waals surface area contributed by atoms with Gasteiger partial charge in [0.15, 0.2) is 0 Å². The van der Waals surface area contributed by atoms with Crippen molar-refractivity contribution in [3.63, 3.8) is 0 Å². The molecule has 0 aliphatic carbocycles. The summed E-state index contributed by atoms with van der Waals surface area (Å²) in [7, 11) is 1.62. The van der Waals surface area contributed by atoms with Crippen LogP contribution in [0.1, 0.15) is 25.3 Å². The number of benzene rings is 1. The molecule has 0 radical (unpaired) electrons. The monoisotopic (exact) mass is 329 g/mol. The van der Waals surface area contributed by atoms with E-state index in [-0.39, 0.29) is 11.8 Å². The zero-order chi connectivity index (χ0) is 17.5. The second kappa shape index (κ2) is 8.34. The fourth-order valence-electron chi connectivity index (χ4n) is 2.70. The number of carbonyl (C=O) groups excluding carboxylic acids is 1. The number of aliphatic carboxylic acids is 1. The summed E-state index contributed by atoms with van der Waals surface area (Å²) < 4.78 is 5.10. The molecule has 5 nitrogen and oxygen atoms in total. The molecule has 24 heavy (non-hydrogen) atoms. The number of methoxy groups -OCH3 is 1. The molecule has 0 spiro atoms. The first-order valence-electron chi connectivity index (χ1n) is 8.02. The predicted octanol–water partition coefficient (Wildman–Crippen LogP) is 2.98. The van der Waals surface area contributed by atoms with Crippen molar-refractivity contribution in [3.05, 3.63) is 47.6 Å². The van der Waals surface area contributed by atoms with Crippen LogP contribution in [0.3, 0.4) is 0 Å². The van der Waals surface area contributed by atoms with E-state index in [1.54, 1.807) is 37.2 Å². The molecule has 1 heterocycles. The maximum absolute atomic E-state index is 12.2. The summed E-state index contributed by atoms with van der Waals surface area (Å²) in [6.07, 6.45) is 6.78. The van der Waals surface area contributed by atoms with E-state index in [1.807, 2.05) is 24.3 Å². The van der Waals surface area contributed by atoms with Crippen LogP contribution in [-0.4, -0.2) is 42.1 Å². The van der Waals surface area contributed by atoms with Gasteiger partial charge in [0.25, 0.3) is 0 Å². The van der Waals surface area contributed by atoms with Crippen LogP contribution in [-0.2, 0) is 9.59 Å². The van der Waals surface area contributed by atoms with E-state index in [1.165, 1.54) is 0 Å². The van der Waals surface area contributed by atoms with Gasteiger partial charge in [-0.05, 0) is 49.5 Å². The molecule has 1 aromatic carbocycles. The Labute approximate surface area is 142 Å². The molecule has 0 unspecified atom stereocenters.